The van der Waals surface area contributed by atoms with Crippen LogP contribution in [0.15, 0.2) is 33.1 Å². The van der Waals surface area contributed by atoms with Crippen LogP contribution in [0.2, 0.25) is 0 Å². The zero-order chi connectivity index (χ0) is 13.1. The van der Waals surface area contributed by atoms with Crippen molar-refractivity contribution < 1.29 is 55.1 Å². The van der Waals surface area contributed by atoms with Gasteiger partial charge in [0.1, 0.15) is 0 Å². The fourth-order valence-electron chi connectivity index (χ4n) is 1.56. The van der Waals surface area contributed by atoms with Crippen LogP contribution >= 0.6 is 0 Å². The van der Waals surface area contributed by atoms with E-state index in [1.807, 2.05) is 6.92 Å². The predicted molar refractivity (Wildman–Crippen MR) is 64.8 cm³/mol. The molecule has 0 heterocycles. The second-order valence-electron chi connectivity index (χ2n) is 5.04. The summed E-state index contributed by atoms with van der Waals surface area (Å²) in [5, 5.41) is 12.2. The molecule has 0 saturated heterocycles. The smallest absolute Gasteiger partial charge is 1.00 e. The summed E-state index contributed by atoms with van der Waals surface area (Å²) in [6.07, 6.45) is 4.12. The van der Waals surface area contributed by atoms with Crippen LogP contribution in [0.3, 0.4) is 0 Å². The minimum atomic E-state index is 0. The summed E-state index contributed by atoms with van der Waals surface area (Å²) in [6, 6.07) is 0. The minimum Gasteiger partial charge on any atom is -1.00 e. The van der Waals surface area contributed by atoms with Gasteiger partial charge in [-0.2, -0.15) is 0 Å². The number of halogens is 2. The summed E-state index contributed by atoms with van der Waals surface area (Å²) in [5.74, 6) is 0.860. The second-order valence-corrected chi connectivity index (χ2v) is 5.82. The molecule has 3 nitrogen and oxygen atoms in total. The monoisotopic (exact) mass is 340 g/mol. The number of hydrogen-bond acceptors (Lipinski definition) is 3. The van der Waals surface area contributed by atoms with Crippen molar-refractivity contribution in [1.82, 2.24) is 5.32 Å². The van der Waals surface area contributed by atoms with E-state index in [2.05, 4.69) is 58.7 Å². The first-order valence-corrected chi connectivity index (χ1v) is 6.50. The van der Waals surface area contributed by atoms with Crippen molar-refractivity contribution in [1.29, 1.82) is 0 Å². The van der Waals surface area contributed by atoms with Crippen LogP contribution in [-0.4, -0.2) is 23.9 Å². The quantitative estimate of drug-likeness (QED) is 0.405. The Hall–Kier alpha value is 0.0743. The van der Waals surface area contributed by atoms with Gasteiger partial charge in [0, 0.05) is 0 Å². The molecule has 0 aliphatic heterocycles. The van der Waals surface area contributed by atoms with Crippen molar-refractivity contribution in [3.05, 3.63) is 33.1 Å². The SMILES string of the molecule is CC(OCCO)=C1C=CC(NC(C)(C)C)=[C]1[Ti+2].[Cl-].[Cl-]. The van der Waals surface area contributed by atoms with Crippen LogP contribution in [0, 0.1) is 0 Å². The molecule has 1 aliphatic rings. The van der Waals surface area contributed by atoms with Crippen molar-refractivity contribution in [2.45, 2.75) is 33.2 Å². The maximum atomic E-state index is 8.74. The average molecular weight is 341 g/mol. The van der Waals surface area contributed by atoms with E-state index < -0.39 is 0 Å². The van der Waals surface area contributed by atoms with Gasteiger partial charge in [0.15, 0.2) is 0 Å². The van der Waals surface area contributed by atoms with Gasteiger partial charge in [-0.15, -0.1) is 0 Å². The van der Waals surface area contributed by atoms with E-state index in [0.29, 0.717) is 6.61 Å². The van der Waals surface area contributed by atoms with E-state index >= 15 is 0 Å². The molecule has 0 saturated carbocycles. The molecule has 0 amide bonds. The fourth-order valence-corrected chi connectivity index (χ4v) is 2.19. The van der Waals surface area contributed by atoms with Crippen molar-refractivity contribution in [2.75, 3.05) is 13.2 Å². The second kappa shape index (κ2) is 9.09. The van der Waals surface area contributed by atoms with Gasteiger partial charge < -0.3 is 24.8 Å². The van der Waals surface area contributed by atoms with E-state index in [1.54, 1.807) is 0 Å². The van der Waals surface area contributed by atoms with Gasteiger partial charge >= 0.3 is 115 Å². The fraction of sp³-hybridized carbons (Fsp3) is 0.538. The molecule has 0 spiro atoms. The van der Waals surface area contributed by atoms with Gasteiger partial charge in [-0.3, -0.25) is 0 Å². The average Bonchev–Trinajstić information content (AvgIpc) is 2.55. The summed E-state index contributed by atoms with van der Waals surface area (Å²) in [6.45, 7) is 8.73. The van der Waals surface area contributed by atoms with Gasteiger partial charge in [0.25, 0.3) is 0 Å². The minimum absolute atomic E-state index is 0. The van der Waals surface area contributed by atoms with Crippen LogP contribution in [0.25, 0.3) is 0 Å². The van der Waals surface area contributed by atoms with Crippen molar-refractivity contribution in [2.24, 2.45) is 0 Å². The molecule has 1 aliphatic carbocycles. The zero-order valence-electron chi connectivity index (χ0n) is 11.7. The first-order chi connectivity index (χ1) is 7.85. The molecule has 2 N–H and O–H groups in total. The molecule has 0 atom stereocenters. The summed E-state index contributed by atoms with van der Waals surface area (Å²) in [5.41, 5.74) is 2.29. The molecule has 0 unspecified atom stereocenters. The molecule has 6 heteroatoms. The third-order valence-electron chi connectivity index (χ3n) is 2.25. The molecule has 1 rings (SSSR count). The van der Waals surface area contributed by atoms with Crippen molar-refractivity contribution >= 4 is 0 Å². The number of nitrogens with one attached hydrogen (secondary N) is 1. The summed E-state index contributed by atoms with van der Waals surface area (Å²) < 4.78 is 6.63. The van der Waals surface area contributed by atoms with Crippen LogP contribution in [0.1, 0.15) is 27.7 Å². The Morgan fingerprint density at radius 1 is 1.32 bits per heavy atom. The summed E-state index contributed by atoms with van der Waals surface area (Å²) >= 11 is 2.08. The Balaban J connectivity index is 0. The van der Waals surface area contributed by atoms with Crippen molar-refractivity contribution in [3.8, 4) is 0 Å². The van der Waals surface area contributed by atoms with Crippen LogP contribution in [0.4, 0.5) is 0 Å². The van der Waals surface area contributed by atoms with Crippen LogP contribution in [0.5, 0.6) is 0 Å². The first kappa shape index (κ1) is 21.4. The molecule has 107 valence electrons. The van der Waals surface area contributed by atoms with Gasteiger partial charge in [-0.1, -0.05) is 0 Å². The Morgan fingerprint density at radius 3 is 2.37 bits per heavy atom. The summed E-state index contributed by atoms with van der Waals surface area (Å²) in [4.78, 5) is 0. The summed E-state index contributed by atoms with van der Waals surface area (Å²) in [7, 11) is 0. The Bertz CT molecular complexity index is 385. The largest absolute Gasteiger partial charge is 1.00 e. The molecular formula is C13H20Cl2NO2Ti. The van der Waals surface area contributed by atoms with E-state index in [-0.39, 0.29) is 37.0 Å². The topological polar surface area (TPSA) is 41.5 Å². The third-order valence-corrected chi connectivity index (χ3v) is 3.10. The zero-order valence-corrected chi connectivity index (χ0v) is 14.8. The molecule has 0 bridgehead atoms. The van der Waals surface area contributed by atoms with Crippen LogP contribution < -0.4 is 30.1 Å². The molecule has 0 radical (unpaired) electrons. The first-order valence-electron chi connectivity index (χ1n) is 5.72. The predicted octanol–water partition coefficient (Wildman–Crippen LogP) is -4.01. The maximum absolute atomic E-state index is 8.74. The Labute approximate surface area is 139 Å². The van der Waals surface area contributed by atoms with Crippen LogP contribution in [-0.2, 0) is 25.2 Å². The molecule has 0 aromatic heterocycles. The molecule has 0 aromatic carbocycles. The number of allylic oxidation sites excluding steroid dienone is 5. The Kier molecular flexibility index (Phi) is 10.2. The Morgan fingerprint density at radius 2 is 1.89 bits per heavy atom. The number of ether oxygens (including phenoxy) is 1. The molecule has 19 heavy (non-hydrogen) atoms. The number of hydrogen-bond donors (Lipinski definition) is 2. The van der Waals surface area contributed by atoms with Gasteiger partial charge in [-0.05, 0) is 0 Å². The van der Waals surface area contributed by atoms with Gasteiger partial charge in [-0.25, -0.2) is 0 Å². The van der Waals surface area contributed by atoms with E-state index in [9.17, 15) is 0 Å². The maximum Gasteiger partial charge on any atom is -1.00 e. The number of aliphatic hydroxyl groups is 1. The number of rotatable bonds is 4. The van der Waals surface area contributed by atoms with Gasteiger partial charge in [0.2, 0.25) is 0 Å². The molecule has 0 aromatic rings. The molecule has 0 fully saturated rings. The van der Waals surface area contributed by atoms with E-state index in [1.165, 1.54) is 3.88 Å². The van der Waals surface area contributed by atoms with Crippen molar-refractivity contribution in [3.63, 3.8) is 0 Å². The normalized spacial score (nSPS) is 16.8. The van der Waals surface area contributed by atoms with E-state index in [0.717, 1.165) is 17.0 Å². The standard InChI is InChI=1S/C13H20NO2.2ClH.Ti/c1-10(16-8-7-15)11-5-6-12(9-11)14-13(2,3)4;;;/h5-6,14-15H,7-8H2,1-4H3;2*1H;/q;;;+2/p-2. The third kappa shape index (κ3) is 6.87. The van der Waals surface area contributed by atoms with E-state index in [4.69, 9.17) is 9.84 Å². The van der Waals surface area contributed by atoms with Gasteiger partial charge in [0.05, 0.1) is 0 Å². The molecular weight excluding hydrogens is 321 g/mol. The number of aliphatic hydroxyl groups excluding tert-OH is 1.